The van der Waals surface area contributed by atoms with Gasteiger partial charge in [-0.15, -0.1) is 0 Å². The monoisotopic (exact) mass is 1150 g/mol. The van der Waals surface area contributed by atoms with Crippen LogP contribution in [0, 0.1) is 6.92 Å². The second-order valence-electron chi connectivity index (χ2n) is 17.9. The minimum Gasteiger partial charge on any atom is -0.748 e. The molecule has 24 heteroatoms. The summed E-state index contributed by atoms with van der Waals surface area (Å²) in [5, 5.41) is 12.4. The van der Waals surface area contributed by atoms with Gasteiger partial charge in [0.1, 0.15) is 40.6 Å². The van der Waals surface area contributed by atoms with E-state index in [-0.39, 0.29) is 91.3 Å². The van der Waals surface area contributed by atoms with Crippen LogP contribution in [0.2, 0.25) is 0 Å². The molecule has 1 atom stereocenters. The largest absolute Gasteiger partial charge is 1.00 e. The molecule has 20 nitrogen and oxygen atoms in total. The maximum absolute atomic E-state index is 12.3. The van der Waals surface area contributed by atoms with Gasteiger partial charge in [-0.2, -0.15) is 0 Å². The van der Waals surface area contributed by atoms with Crippen molar-refractivity contribution in [3.63, 3.8) is 0 Å². The average Bonchev–Trinajstić information content (AvgIpc) is 3.84. The first-order valence-electron chi connectivity index (χ1n) is 25.1. The number of carboxylic acids is 1. The SMILES string of the molecule is COCCOCCOCCOCC[N+](CCOCCOCCOCCOC)=c1ccc2c(-c3ccc(OC)cc3C)cc(/C=C/C=C3/N(CCCS(=O)(=O)[O-])c4ccc(S(=O)(=O)[O-])cc4C3(C)CCCC(=O)[O-])oc-2c1.[Na+].[Na+]. The van der Waals surface area contributed by atoms with Crippen LogP contribution >= 0.6 is 0 Å². The van der Waals surface area contributed by atoms with Crippen molar-refractivity contribution in [2.75, 3.05) is 144 Å². The quantitative estimate of drug-likeness (QED) is 0.0204. The third-order valence-corrected chi connectivity index (χ3v) is 14.2. The summed E-state index contributed by atoms with van der Waals surface area (Å²) in [6, 6.07) is 17.6. The van der Waals surface area contributed by atoms with Gasteiger partial charge in [-0.3, -0.25) is 0 Å². The van der Waals surface area contributed by atoms with Gasteiger partial charge in [0.05, 0.1) is 107 Å². The molecule has 0 aromatic heterocycles. The number of allylic oxidation sites excluding steroid dienone is 3. The third-order valence-electron chi connectivity index (χ3n) is 12.6. The van der Waals surface area contributed by atoms with Crippen molar-refractivity contribution in [2.24, 2.45) is 0 Å². The molecule has 2 aromatic carbocycles. The van der Waals surface area contributed by atoms with Crippen LogP contribution in [0.3, 0.4) is 0 Å². The molecule has 0 N–H and O–H groups in total. The average molecular weight is 1150 g/mol. The maximum atomic E-state index is 12.3. The Hall–Kier alpha value is -3.08. The van der Waals surface area contributed by atoms with Gasteiger partial charge >= 0.3 is 59.1 Å². The summed E-state index contributed by atoms with van der Waals surface area (Å²) >= 11 is 0. The van der Waals surface area contributed by atoms with Crippen LogP contribution in [0.4, 0.5) is 5.69 Å². The summed E-state index contributed by atoms with van der Waals surface area (Å²) in [5.41, 5.74) is 3.92. The first-order chi connectivity index (χ1) is 36.5. The number of anilines is 1. The molecule has 0 saturated carbocycles. The molecule has 78 heavy (non-hydrogen) atoms. The summed E-state index contributed by atoms with van der Waals surface area (Å²) in [5.74, 6) is -0.253. The zero-order valence-corrected chi connectivity index (χ0v) is 51.8. The molecule has 0 amide bonds. The van der Waals surface area contributed by atoms with E-state index in [1.54, 1.807) is 51.4 Å². The van der Waals surface area contributed by atoms with E-state index in [4.69, 9.17) is 47.0 Å². The molecule has 0 bridgehead atoms. The number of carbonyl (C=O) groups is 1. The number of aliphatic carboxylic acids is 1. The Kier molecular flexibility index (Phi) is 31.7. The normalized spacial score (nSPS) is 15.0. The Labute approximate surface area is 503 Å². The van der Waals surface area contributed by atoms with Crippen molar-refractivity contribution in [2.45, 2.75) is 49.8 Å². The van der Waals surface area contributed by atoms with Crippen LogP contribution in [0.5, 0.6) is 5.75 Å². The number of fused-ring (bicyclic) bond motifs is 2. The number of carboxylic acid groups (broad SMARTS) is 1. The van der Waals surface area contributed by atoms with Gasteiger partial charge in [-0.05, 0) is 116 Å². The summed E-state index contributed by atoms with van der Waals surface area (Å²) in [4.78, 5) is 12.9. The number of benzene rings is 3. The minimum atomic E-state index is -4.90. The zero-order chi connectivity index (χ0) is 55.0. The topological polar surface area (TPSA) is 257 Å². The molecule has 420 valence electrons. The number of rotatable bonds is 37. The molecule has 2 heterocycles. The van der Waals surface area contributed by atoms with Gasteiger partial charge in [0.2, 0.25) is 5.36 Å². The number of carbonyl (C=O) groups excluding carboxylic acids is 1. The van der Waals surface area contributed by atoms with Crippen LogP contribution in [0.15, 0.2) is 87.8 Å². The molecule has 0 fully saturated rings. The van der Waals surface area contributed by atoms with Crippen LogP contribution in [-0.2, 0) is 68.3 Å². The number of nitrogens with zero attached hydrogens (tertiary/aromatic N) is 2. The van der Waals surface area contributed by atoms with Gasteiger partial charge in [-0.1, -0.05) is 12.1 Å². The molecule has 3 aliphatic rings. The Morgan fingerprint density at radius 3 is 1.78 bits per heavy atom. The fraction of sp³-hybridized carbons (Fsp3) is 0.519. The van der Waals surface area contributed by atoms with Gasteiger partial charge in [0.25, 0.3) is 0 Å². The van der Waals surface area contributed by atoms with Gasteiger partial charge in [0, 0.05) is 60.9 Å². The number of hydrogen-bond acceptors (Lipinski definition) is 19. The van der Waals surface area contributed by atoms with Crippen molar-refractivity contribution in [1.29, 1.82) is 0 Å². The number of ether oxygens (including phenoxy) is 9. The van der Waals surface area contributed by atoms with Gasteiger partial charge in [0.15, 0.2) is 13.1 Å². The predicted octanol–water partition coefficient (Wildman–Crippen LogP) is -2.02. The van der Waals surface area contributed by atoms with Gasteiger partial charge < -0.3 is 71.0 Å². The van der Waals surface area contributed by atoms with E-state index in [2.05, 4.69) is 4.58 Å². The van der Waals surface area contributed by atoms with Crippen LogP contribution in [0.25, 0.3) is 28.5 Å². The Bertz CT molecular complexity index is 2780. The van der Waals surface area contributed by atoms with Crippen molar-refractivity contribution >= 4 is 38.0 Å². The number of aryl methyl sites for hydroxylation is 1. The number of hydrogen-bond donors (Lipinski definition) is 0. The maximum Gasteiger partial charge on any atom is 1.00 e. The molecule has 0 spiro atoms. The molecule has 2 aromatic rings. The zero-order valence-electron chi connectivity index (χ0n) is 46.1. The third kappa shape index (κ3) is 22.3. The molecule has 0 radical (unpaired) electrons. The molecule has 1 aliphatic carbocycles. The molecule has 5 rings (SSSR count). The molecular weight excluding hydrogens is 1070 g/mol. The minimum absolute atomic E-state index is 0. The summed E-state index contributed by atoms with van der Waals surface area (Å²) in [6.45, 7) is 10.9. The van der Waals surface area contributed by atoms with E-state index in [0.29, 0.717) is 140 Å². The van der Waals surface area contributed by atoms with E-state index < -0.39 is 42.3 Å². The molecule has 1 unspecified atom stereocenters. The smallest absolute Gasteiger partial charge is 0.748 e. The van der Waals surface area contributed by atoms with E-state index in [1.165, 1.54) is 18.2 Å². The van der Waals surface area contributed by atoms with Crippen LogP contribution in [-0.4, -0.2) is 171 Å². The van der Waals surface area contributed by atoms with Crippen LogP contribution in [0.1, 0.15) is 49.5 Å². The predicted molar refractivity (Wildman–Crippen MR) is 280 cm³/mol. The van der Waals surface area contributed by atoms with Crippen molar-refractivity contribution in [3.8, 4) is 28.2 Å². The van der Waals surface area contributed by atoms with E-state index in [9.17, 15) is 35.8 Å². The fourth-order valence-corrected chi connectivity index (χ4v) is 9.74. The fourth-order valence-electron chi connectivity index (χ4n) is 8.76. The molecule has 0 saturated heterocycles. The first kappa shape index (κ1) is 69.2. The summed E-state index contributed by atoms with van der Waals surface area (Å²) < 4.78 is 131. The second-order valence-corrected chi connectivity index (χ2v) is 20.8. The van der Waals surface area contributed by atoms with Gasteiger partial charge in [-0.25, -0.2) is 21.4 Å². The summed E-state index contributed by atoms with van der Waals surface area (Å²) in [7, 11) is -4.65. The number of methoxy groups -OCH3 is 3. The van der Waals surface area contributed by atoms with Crippen molar-refractivity contribution in [3.05, 3.63) is 101 Å². The van der Waals surface area contributed by atoms with E-state index >= 15 is 0 Å². The Balaban J connectivity index is 0.00000800. The standard InChI is InChI=1S/C54H74N2O18S2.2Na/c1-41-37-43(67-5)13-16-46(41)48-39-44(9-6-10-52-54(2,18-7-11-53(57)58)49-40-45(76(62,63)64)14-17-50(49)56(52)19-8-36-75(59,60)61)74-51-38-42(12-15-47(48)51)55(20-22-68-28-30-72-34-32-70-26-24-65-3)21-23-69-29-31-73-35-33-71-27-25-66-4;;/h6,9-10,12-17,37-40H,7-8,11,18-36H2,1-5H3,(H2-,57,58,59,60,61,62,63,64);;/q;2*+1/p-2. The van der Waals surface area contributed by atoms with Crippen molar-refractivity contribution in [1.82, 2.24) is 4.58 Å². The summed E-state index contributed by atoms with van der Waals surface area (Å²) in [6.07, 6.45) is 5.17. The van der Waals surface area contributed by atoms with Crippen LogP contribution < -0.4 is 83.8 Å². The molecule has 2 aliphatic heterocycles. The Morgan fingerprint density at radius 2 is 1.26 bits per heavy atom. The first-order valence-corrected chi connectivity index (χ1v) is 28.1. The second kappa shape index (κ2) is 35.7. The van der Waals surface area contributed by atoms with E-state index in [1.807, 2.05) is 49.4 Å². The Morgan fingerprint density at radius 1 is 0.692 bits per heavy atom. The molecular formula is C54H72N2Na2O18S2. The van der Waals surface area contributed by atoms with E-state index in [0.717, 1.165) is 27.6 Å². The van der Waals surface area contributed by atoms with Crippen molar-refractivity contribution < 1.29 is 142 Å².